The minimum absolute atomic E-state index is 0.427. The molecule has 2 nitrogen and oxygen atoms in total. The highest BCUT2D eigenvalue weighted by atomic mass is 15.4. The SMILES string of the molecule is CCN1C=CN(c2ccccc2C)[C@H]1C. The highest BCUT2D eigenvalue weighted by Gasteiger charge is 2.22. The number of benzene rings is 1. The van der Waals surface area contributed by atoms with Crippen LogP contribution in [0.25, 0.3) is 0 Å². The fraction of sp³-hybridized carbons (Fsp3) is 0.385. The van der Waals surface area contributed by atoms with Crippen molar-refractivity contribution in [1.82, 2.24) is 4.90 Å². The Labute approximate surface area is 91.8 Å². The van der Waals surface area contributed by atoms with Gasteiger partial charge in [0.25, 0.3) is 0 Å². The quantitative estimate of drug-likeness (QED) is 0.727. The molecule has 0 saturated heterocycles. The van der Waals surface area contributed by atoms with Crippen LogP contribution in [0.5, 0.6) is 0 Å². The number of aryl methyl sites for hydroxylation is 1. The molecule has 0 amide bonds. The molecule has 1 aromatic carbocycles. The lowest BCUT2D eigenvalue weighted by molar-refractivity contribution is 0.335. The number of para-hydroxylation sites is 1. The van der Waals surface area contributed by atoms with Crippen LogP contribution in [-0.4, -0.2) is 17.6 Å². The molecular formula is C13H18N2. The lowest BCUT2D eigenvalue weighted by Crippen LogP contribution is -2.35. The summed E-state index contributed by atoms with van der Waals surface area (Å²) >= 11 is 0. The van der Waals surface area contributed by atoms with E-state index in [-0.39, 0.29) is 0 Å². The first-order chi connectivity index (χ1) is 7.24. The predicted molar refractivity (Wildman–Crippen MR) is 64.6 cm³/mol. The van der Waals surface area contributed by atoms with Crippen molar-refractivity contribution in [3.8, 4) is 0 Å². The standard InChI is InChI=1S/C13H18N2/c1-4-14-9-10-15(12(14)3)13-8-6-5-7-11(13)2/h5-10,12H,4H2,1-3H3/t12-/m0/s1. The summed E-state index contributed by atoms with van der Waals surface area (Å²) in [4.78, 5) is 4.64. The maximum Gasteiger partial charge on any atom is 0.102 e. The molecule has 1 atom stereocenters. The van der Waals surface area contributed by atoms with Crippen LogP contribution in [-0.2, 0) is 0 Å². The Bertz CT molecular complexity index is 371. The second-order valence-corrected chi connectivity index (χ2v) is 3.95. The van der Waals surface area contributed by atoms with Gasteiger partial charge in [-0.15, -0.1) is 0 Å². The Morgan fingerprint density at radius 2 is 1.93 bits per heavy atom. The number of anilines is 1. The number of hydrogen-bond donors (Lipinski definition) is 0. The van der Waals surface area contributed by atoms with Crippen molar-refractivity contribution < 1.29 is 0 Å². The fourth-order valence-corrected chi connectivity index (χ4v) is 2.07. The van der Waals surface area contributed by atoms with Crippen molar-refractivity contribution in [3.63, 3.8) is 0 Å². The molecule has 0 unspecified atom stereocenters. The van der Waals surface area contributed by atoms with Crippen LogP contribution in [0, 0.1) is 6.92 Å². The predicted octanol–water partition coefficient (Wildman–Crippen LogP) is 2.95. The first-order valence-corrected chi connectivity index (χ1v) is 5.52. The first-order valence-electron chi connectivity index (χ1n) is 5.52. The Hall–Kier alpha value is -1.44. The molecule has 1 aromatic rings. The van der Waals surface area contributed by atoms with E-state index in [2.05, 4.69) is 67.2 Å². The van der Waals surface area contributed by atoms with E-state index in [0.717, 1.165) is 6.54 Å². The van der Waals surface area contributed by atoms with Crippen molar-refractivity contribution in [2.75, 3.05) is 11.4 Å². The highest BCUT2D eigenvalue weighted by Crippen LogP contribution is 2.26. The molecule has 0 aromatic heterocycles. The number of nitrogens with zero attached hydrogens (tertiary/aromatic N) is 2. The summed E-state index contributed by atoms with van der Waals surface area (Å²) in [7, 11) is 0. The van der Waals surface area contributed by atoms with Gasteiger partial charge in [-0.2, -0.15) is 0 Å². The number of hydrogen-bond acceptors (Lipinski definition) is 2. The molecule has 0 spiro atoms. The maximum atomic E-state index is 2.33. The third-order valence-corrected chi connectivity index (χ3v) is 3.06. The van der Waals surface area contributed by atoms with E-state index in [0.29, 0.717) is 6.17 Å². The molecular weight excluding hydrogens is 184 g/mol. The molecule has 0 radical (unpaired) electrons. The van der Waals surface area contributed by atoms with Crippen molar-refractivity contribution in [2.45, 2.75) is 26.9 Å². The zero-order chi connectivity index (χ0) is 10.8. The van der Waals surface area contributed by atoms with Gasteiger partial charge in [-0.3, -0.25) is 0 Å². The van der Waals surface area contributed by atoms with Gasteiger partial charge in [0, 0.05) is 24.6 Å². The largest absolute Gasteiger partial charge is 0.356 e. The molecule has 15 heavy (non-hydrogen) atoms. The molecule has 0 fully saturated rings. The molecule has 80 valence electrons. The zero-order valence-electron chi connectivity index (χ0n) is 9.64. The minimum Gasteiger partial charge on any atom is -0.356 e. The van der Waals surface area contributed by atoms with Gasteiger partial charge in [-0.1, -0.05) is 18.2 Å². The van der Waals surface area contributed by atoms with Gasteiger partial charge in [0.05, 0.1) is 0 Å². The van der Waals surface area contributed by atoms with E-state index in [1.165, 1.54) is 11.3 Å². The van der Waals surface area contributed by atoms with Crippen molar-refractivity contribution in [1.29, 1.82) is 0 Å². The van der Waals surface area contributed by atoms with E-state index < -0.39 is 0 Å². The van der Waals surface area contributed by atoms with Crippen LogP contribution in [0.15, 0.2) is 36.7 Å². The average molecular weight is 202 g/mol. The topological polar surface area (TPSA) is 6.48 Å². The van der Waals surface area contributed by atoms with Gasteiger partial charge in [0.15, 0.2) is 0 Å². The van der Waals surface area contributed by atoms with E-state index in [9.17, 15) is 0 Å². The normalized spacial score (nSPS) is 20.1. The summed E-state index contributed by atoms with van der Waals surface area (Å²) in [5.74, 6) is 0. The van der Waals surface area contributed by atoms with E-state index in [4.69, 9.17) is 0 Å². The van der Waals surface area contributed by atoms with Crippen molar-refractivity contribution in [2.24, 2.45) is 0 Å². The van der Waals surface area contributed by atoms with Gasteiger partial charge in [0.2, 0.25) is 0 Å². The average Bonchev–Trinajstić information content (AvgIpc) is 2.60. The van der Waals surface area contributed by atoms with Crippen molar-refractivity contribution in [3.05, 3.63) is 42.2 Å². The monoisotopic (exact) mass is 202 g/mol. The van der Waals surface area contributed by atoms with E-state index in [1.54, 1.807) is 0 Å². The van der Waals surface area contributed by atoms with E-state index in [1.807, 2.05) is 0 Å². The molecule has 2 heteroatoms. The molecule has 1 aliphatic rings. The van der Waals surface area contributed by atoms with Crippen LogP contribution < -0.4 is 4.90 Å². The maximum absolute atomic E-state index is 2.33. The molecule has 0 bridgehead atoms. The van der Waals surface area contributed by atoms with Crippen LogP contribution in [0.2, 0.25) is 0 Å². The molecule has 0 saturated carbocycles. The lowest BCUT2D eigenvalue weighted by atomic mass is 10.2. The van der Waals surface area contributed by atoms with Crippen molar-refractivity contribution >= 4 is 5.69 Å². The summed E-state index contributed by atoms with van der Waals surface area (Å²) in [5.41, 5.74) is 2.63. The Balaban J connectivity index is 2.27. The Morgan fingerprint density at radius 3 is 2.53 bits per heavy atom. The van der Waals surface area contributed by atoms with Gasteiger partial charge in [-0.05, 0) is 32.4 Å². The van der Waals surface area contributed by atoms with Crippen LogP contribution >= 0.6 is 0 Å². The van der Waals surface area contributed by atoms with Gasteiger partial charge >= 0.3 is 0 Å². The summed E-state index contributed by atoms with van der Waals surface area (Å²) < 4.78 is 0. The Kier molecular flexibility index (Phi) is 2.67. The molecule has 2 rings (SSSR count). The molecule has 1 heterocycles. The van der Waals surface area contributed by atoms with Crippen LogP contribution in [0.1, 0.15) is 19.4 Å². The highest BCUT2D eigenvalue weighted by molar-refractivity contribution is 5.56. The third kappa shape index (κ3) is 1.72. The molecule has 0 aliphatic carbocycles. The van der Waals surface area contributed by atoms with Gasteiger partial charge in [-0.25, -0.2) is 0 Å². The first kappa shape index (κ1) is 10.1. The molecule has 1 aliphatic heterocycles. The summed E-state index contributed by atoms with van der Waals surface area (Å²) in [5, 5.41) is 0. The lowest BCUT2D eigenvalue weighted by Gasteiger charge is -2.29. The molecule has 0 N–H and O–H groups in total. The van der Waals surface area contributed by atoms with E-state index >= 15 is 0 Å². The summed E-state index contributed by atoms with van der Waals surface area (Å²) in [6.07, 6.45) is 4.75. The second-order valence-electron chi connectivity index (χ2n) is 3.95. The zero-order valence-corrected chi connectivity index (χ0v) is 9.64. The van der Waals surface area contributed by atoms with Gasteiger partial charge in [0.1, 0.15) is 6.17 Å². The third-order valence-electron chi connectivity index (χ3n) is 3.06. The smallest absolute Gasteiger partial charge is 0.102 e. The minimum atomic E-state index is 0.427. The number of rotatable bonds is 2. The fourth-order valence-electron chi connectivity index (χ4n) is 2.07. The van der Waals surface area contributed by atoms with Crippen LogP contribution in [0.3, 0.4) is 0 Å². The van der Waals surface area contributed by atoms with Gasteiger partial charge < -0.3 is 9.80 Å². The summed E-state index contributed by atoms with van der Waals surface area (Å²) in [6, 6.07) is 8.51. The Morgan fingerprint density at radius 1 is 1.20 bits per heavy atom. The second kappa shape index (κ2) is 3.97. The van der Waals surface area contributed by atoms with Crippen LogP contribution in [0.4, 0.5) is 5.69 Å². The summed E-state index contributed by atoms with van der Waals surface area (Å²) in [6.45, 7) is 7.63.